The molecule has 4 aromatic rings. The number of hydrazone groups is 1. The van der Waals surface area contributed by atoms with Crippen molar-refractivity contribution in [3.05, 3.63) is 122 Å². The third kappa shape index (κ3) is 7.91. The monoisotopic (exact) mass is 636 g/mol. The van der Waals surface area contributed by atoms with Gasteiger partial charge in [0.2, 0.25) is 0 Å². The number of aryl methyl sites for hydroxylation is 2. The molecule has 11 nitrogen and oxygen atoms in total. The number of hydrogen-bond acceptors (Lipinski definition) is 8. The molecule has 44 heavy (non-hydrogen) atoms. The number of nitrogens with one attached hydrogen (secondary N) is 1. The zero-order chi connectivity index (χ0) is 31.9. The van der Waals surface area contributed by atoms with E-state index in [1.807, 2.05) is 31.2 Å². The number of nitro groups is 1. The Morgan fingerprint density at radius 1 is 1.02 bits per heavy atom. The van der Waals surface area contributed by atoms with Gasteiger partial charge in [-0.1, -0.05) is 47.5 Å². The summed E-state index contributed by atoms with van der Waals surface area (Å²) in [5.74, 6) is -0.0217. The van der Waals surface area contributed by atoms with Crippen LogP contribution in [0.5, 0.6) is 11.5 Å². The molecule has 13 heteroatoms. The molecule has 0 bridgehead atoms. The minimum absolute atomic E-state index is 0.0383. The lowest BCUT2D eigenvalue weighted by molar-refractivity contribution is -0.385. The molecule has 1 N–H and O–H groups in total. The van der Waals surface area contributed by atoms with Crippen LogP contribution < -0.4 is 19.2 Å². The molecule has 1 amide bonds. The molecule has 0 heterocycles. The van der Waals surface area contributed by atoms with Crippen molar-refractivity contribution in [2.75, 3.05) is 18.0 Å². The number of methoxy groups -OCH3 is 1. The van der Waals surface area contributed by atoms with Crippen molar-refractivity contribution in [3.63, 3.8) is 0 Å². The van der Waals surface area contributed by atoms with Gasteiger partial charge in [-0.25, -0.2) is 13.8 Å². The number of nitrogens with zero attached hydrogens (tertiary/aromatic N) is 3. The minimum Gasteiger partial charge on any atom is -0.495 e. The van der Waals surface area contributed by atoms with Gasteiger partial charge in [0.15, 0.2) is 0 Å². The van der Waals surface area contributed by atoms with E-state index in [4.69, 9.17) is 21.1 Å². The van der Waals surface area contributed by atoms with Gasteiger partial charge in [0.05, 0.1) is 28.8 Å². The van der Waals surface area contributed by atoms with Crippen LogP contribution in [0.2, 0.25) is 5.02 Å². The molecule has 228 valence electrons. The number of carbonyl (C=O) groups excluding carboxylic acids is 1. The number of sulfonamides is 1. The third-order valence-electron chi connectivity index (χ3n) is 6.47. The lowest BCUT2D eigenvalue weighted by Gasteiger charge is -2.25. The number of benzene rings is 4. The van der Waals surface area contributed by atoms with Crippen LogP contribution in [-0.2, 0) is 21.4 Å². The number of ether oxygens (including phenoxy) is 2. The molecule has 0 fully saturated rings. The van der Waals surface area contributed by atoms with E-state index in [9.17, 15) is 23.3 Å². The zero-order valence-electron chi connectivity index (χ0n) is 24.1. The molecule has 0 aliphatic heterocycles. The van der Waals surface area contributed by atoms with Gasteiger partial charge in [-0.2, -0.15) is 5.10 Å². The molecule has 0 aromatic heterocycles. The molecular weight excluding hydrogens is 608 g/mol. The van der Waals surface area contributed by atoms with Gasteiger partial charge in [-0.05, 0) is 73.5 Å². The highest BCUT2D eigenvalue weighted by atomic mass is 35.5. The maximum atomic E-state index is 13.8. The Labute approximate surface area is 259 Å². The minimum atomic E-state index is -4.52. The fraction of sp³-hybridized carbons (Fsp3) is 0.161. The van der Waals surface area contributed by atoms with Gasteiger partial charge in [-0.15, -0.1) is 0 Å². The summed E-state index contributed by atoms with van der Waals surface area (Å²) in [6.07, 6.45) is 1.39. The average Bonchev–Trinajstić information content (AvgIpc) is 3.00. The van der Waals surface area contributed by atoms with Crippen molar-refractivity contribution in [3.8, 4) is 11.5 Å². The van der Waals surface area contributed by atoms with Crippen LogP contribution in [0.1, 0.15) is 22.3 Å². The summed E-state index contributed by atoms with van der Waals surface area (Å²) in [6, 6.07) is 22.8. The summed E-state index contributed by atoms with van der Waals surface area (Å²) in [4.78, 5) is 23.4. The van der Waals surface area contributed by atoms with E-state index in [-0.39, 0.29) is 27.7 Å². The first kappa shape index (κ1) is 32.0. The SMILES string of the molecule is COc1ccc(Cl)cc1N(CC(=O)N/N=C\c1ccc(OCc2ccc(C)cc2)cc1)S(=O)(=O)c1ccc(C)c([N+](=O)[O-])c1. The lowest BCUT2D eigenvalue weighted by atomic mass is 10.2. The summed E-state index contributed by atoms with van der Waals surface area (Å²) < 4.78 is 39.5. The van der Waals surface area contributed by atoms with Gasteiger partial charge in [0.25, 0.3) is 21.6 Å². The quantitative estimate of drug-likeness (QED) is 0.118. The fourth-order valence-corrected chi connectivity index (χ4v) is 5.69. The van der Waals surface area contributed by atoms with Crippen molar-refractivity contribution < 1.29 is 27.6 Å². The second-order valence-corrected chi connectivity index (χ2v) is 12.0. The second kappa shape index (κ2) is 14.0. The van der Waals surface area contributed by atoms with E-state index in [1.54, 1.807) is 24.3 Å². The Balaban J connectivity index is 1.50. The number of rotatable bonds is 12. The van der Waals surface area contributed by atoms with Crippen LogP contribution in [0, 0.1) is 24.0 Å². The van der Waals surface area contributed by atoms with Crippen molar-refractivity contribution in [1.29, 1.82) is 0 Å². The van der Waals surface area contributed by atoms with E-state index in [0.717, 1.165) is 15.9 Å². The van der Waals surface area contributed by atoms with Gasteiger partial charge < -0.3 is 9.47 Å². The number of anilines is 1. The highest BCUT2D eigenvalue weighted by molar-refractivity contribution is 7.92. The number of carbonyl (C=O) groups is 1. The number of nitro benzene ring substituents is 1. The maximum Gasteiger partial charge on any atom is 0.273 e. The number of halogens is 1. The first-order chi connectivity index (χ1) is 21.0. The van der Waals surface area contributed by atoms with Crippen molar-refractivity contribution >= 4 is 45.1 Å². The molecule has 0 unspecified atom stereocenters. The highest BCUT2D eigenvalue weighted by Crippen LogP contribution is 2.35. The van der Waals surface area contributed by atoms with Crippen molar-refractivity contribution in [2.45, 2.75) is 25.3 Å². The van der Waals surface area contributed by atoms with Crippen LogP contribution in [0.3, 0.4) is 0 Å². The molecule has 0 spiro atoms. The molecule has 0 atom stereocenters. The van der Waals surface area contributed by atoms with E-state index in [1.165, 1.54) is 56.1 Å². The van der Waals surface area contributed by atoms with Crippen molar-refractivity contribution in [1.82, 2.24) is 5.43 Å². The van der Waals surface area contributed by atoms with Crippen LogP contribution in [0.25, 0.3) is 0 Å². The van der Waals surface area contributed by atoms with E-state index < -0.39 is 32.3 Å². The van der Waals surface area contributed by atoms with E-state index in [2.05, 4.69) is 10.5 Å². The summed E-state index contributed by atoms with van der Waals surface area (Å²) in [5, 5.41) is 15.6. The Bertz CT molecular complexity index is 1800. The largest absolute Gasteiger partial charge is 0.495 e. The zero-order valence-corrected chi connectivity index (χ0v) is 25.6. The number of amides is 1. The van der Waals surface area contributed by atoms with Gasteiger partial charge in [-0.3, -0.25) is 19.2 Å². The normalized spacial score (nSPS) is 11.3. The Kier molecular flexibility index (Phi) is 10.2. The standard InChI is InChI=1S/C31H29ClN4O7S/c1-21-4-7-24(8-5-21)20-43-26-12-9-23(10-13-26)18-33-34-31(37)19-35(29-16-25(32)11-15-30(29)42-3)44(40,41)27-14-6-22(2)28(17-27)36(38)39/h4-18H,19-20H2,1-3H3,(H,34,37)/b33-18-. The van der Waals surface area contributed by atoms with Gasteiger partial charge in [0, 0.05) is 16.7 Å². The molecule has 0 aliphatic carbocycles. The number of hydrogen-bond donors (Lipinski definition) is 1. The molecule has 0 saturated carbocycles. The van der Waals surface area contributed by atoms with Crippen LogP contribution in [0.4, 0.5) is 11.4 Å². The predicted molar refractivity (Wildman–Crippen MR) is 168 cm³/mol. The smallest absolute Gasteiger partial charge is 0.273 e. The summed E-state index contributed by atoms with van der Waals surface area (Å²) in [5.41, 5.74) is 5.04. The first-order valence-electron chi connectivity index (χ1n) is 13.2. The first-order valence-corrected chi connectivity index (χ1v) is 15.0. The molecule has 4 rings (SSSR count). The summed E-state index contributed by atoms with van der Waals surface area (Å²) >= 11 is 6.16. The van der Waals surface area contributed by atoms with Gasteiger partial charge in [0.1, 0.15) is 24.7 Å². The lowest BCUT2D eigenvalue weighted by Crippen LogP contribution is -2.39. The molecule has 4 aromatic carbocycles. The van der Waals surface area contributed by atoms with Crippen molar-refractivity contribution in [2.24, 2.45) is 5.10 Å². The van der Waals surface area contributed by atoms with E-state index in [0.29, 0.717) is 17.9 Å². The highest BCUT2D eigenvalue weighted by Gasteiger charge is 2.31. The van der Waals surface area contributed by atoms with Gasteiger partial charge >= 0.3 is 0 Å². The van der Waals surface area contributed by atoms with Crippen LogP contribution in [0.15, 0.2) is 94.9 Å². The summed E-state index contributed by atoms with van der Waals surface area (Å²) in [6.45, 7) is 3.19. The predicted octanol–water partition coefficient (Wildman–Crippen LogP) is 5.80. The fourth-order valence-electron chi connectivity index (χ4n) is 4.08. The second-order valence-electron chi connectivity index (χ2n) is 9.67. The third-order valence-corrected chi connectivity index (χ3v) is 8.46. The van der Waals surface area contributed by atoms with E-state index >= 15 is 0 Å². The summed E-state index contributed by atoms with van der Waals surface area (Å²) in [7, 11) is -3.19. The van der Waals surface area contributed by atoms with Crippen LogP contribution in [-0.4, -0.2) is 39.1 Å². The maximum absolute atomic E-state index is 13.8. The topological polar surface area (TPSA) is 140 Å². The Morgan fingerprint density at radius 3 is 2.39 bits per heavy atom. The molecular formula is C31H29ClN4O7S. The molecule has 0 saturated heterocycles. The average molecular weight is 637 g/mol. The Hall–Kier alpha value is -4.94. The molecule has 0 radical (unpaired) electrons. The van der Waals surface area contributed by atoms with Crippen LogP contribution >= 0.6 is 11.6 Å². The molecule has 0 aliphatic rings. The Morgan fingerprint density at radius 2 is 1.73 bits per heavy atom.